The molecule has 0 spiro atoms. The molecule has 0 saturated carbocycles. The first kappa shape index (κ1) is 5.50. The first-order chi connectivity index (χ1) is 2.77. The lowest BCUT2D eigenvalue weighted by molar-refractivity contribution is 0.412. The molecule has 0 aromatic heterocycles. The van der Waals surface area contributed by atoms with Crippen LogP contribution in [0.2, 0.25) is 0 Å². The Bertz CT molecular complexity index is 54.6. The second-order valence-electron chi connectivity index (χ2n) is 1.08. The molecule has 0 atom stereocenters. The lowest BCUT2D eigenvalue weighted by Gasteiger charge is -1.80. The molecule has 0 aliphatic heterocycles. The molecule has 3 N–H and O–H groups in total. The highest BCUT2D eigenvalue weighted by Crippen LogP contribution is 1.77. The fourth-order valence-electron chi connectivity index (χ4n) is 0.171. The summed E-state index contributed by atoms with van der Waals surface area (Å²) in [4.78, 5) is 0. The van der Waals surface area contributed by atoms with Crippen molar-refractivity contribution in [1.82, 2.24) is 0 Å². The molecule has 0 aliphatic rings. The van der Waals surface area contributed by atoms with Crippen LogP contribution in [-0.4, -0.2) is 11.7 Å². The molecule has 0 radical (unpaired) electrons. The van der Waals surface area contributed by atoms with Gasteiger partial charge in [0.2, 0.25) is 0 Å². The van der Waals surface area contributed by atoms with Gasteiger partial charge in [0, 0.05) is 6.54 Å². The summed E-state index contributed by atoms with van der Waals surface area (Å²) in [5.41, 5.74) is 4.99. The topological polar surface area (TPSA) is 46.2 Å². The fourth-order valence-corrected chi connectivity index (χ4v) is 0.171. The first-order valence-electron chi connectivity index (χ1n) is 1.83. The maximum Gasteiger partial charge on any atom is 0.0864 e. The van der Waals surface area contributed by atoms with E-state index in [1.165, 1.54) is 0 Å². The highest BCUT2D eigenvalue weighted by atomic mass is 16.3. The summed E-state index contributed by atoms with van der Waals surface area (Å²) in [5, 5.41) is 8.33. The Balaban J connectivity index is 3.14. The Morgan fingerprint density at radius 2 is 2.50 bits per heavy atom. The molecule has 0 unspecified atom stereocenters. The van der Waals surface area contributed by atoms with Gasteiger partial charge < -0.3 is 10.8 Å². The van der Waals surface area contributed by atoms with Crippen molar-refractivity contribution >= 4 is 0 Å². The van der Waals surface area contributed by atoms with E-state index in [0.717, 1.165) is 0 Å². The van der Waals surface area contributed by atoms with Crippen molar-refractivity contribution in [3.8, 4) is 0 Å². The minimum Gasteiger partial charge on any atom is -0.513 e. The van der Waals surface area contributed by atoms with Crippen LogP contribution in [0.3, 0.4) is 0 Å². The lowest BCUT2D eigenvalue weighted by Crippen LogP contribution is -1.93. The van der Waals surface area contributed by atoms with E-state index in [1.54, 1.807) is 13.0 Å². The monoisotopic (exact) mass is 87.1 g/mol. The average molecular weight is 87.1 g/mol. The third kappa shape index (κ3) is 3.50. The van der Waals surface area contributed by atoms with E-state index < -0.39 is 0 Å². The fraction of sp³-hybridized carbons (Fsp3) is 0.500. The summed E-state index contributed by atoms with van der Waals surface area (Å²) >= 11 is 0. The largest absolute Gasteiger partial charge is 0.513 e. The van der Waals surface area contributed by atoms with Crippen LogP contribution in [0.4, 0.5) is 0 Å². The van der Waals surface area contributed by atoms with E-state index in [-0.39, 0.29) is 5.76 Å². The Hall–Kier alpha value is -0.500. The highest BCUT2D eigenvalue weighted by Gasteiger charge is 1.70. The minimum atomic E-state index is 0.289. The SMILES string of the molecule is C/C(O)=C/CN. The summed E-state index contributed by atoms with van der Waals surface area (Å²) in [6.07, 6.45) is 1.54. The van der Waals surface area contributed by atoms with Gasteiger partial charge in [-0.1, -0.05) is 0 Å². The van der Waals surface area contributed by atoms with Crippen molar-refractivity contribution in [2.24, 2.45) is 5.73 Å². The molecule has 0 aromatic carbocycles. The Morgan fingerprint density at radius 1 is 2.00 bits per heavy atom. The summed E-state index contributed by atoms with van der Waals surface area (Å²) in [7, 11) is 0. The molecule has 0 saturated heterocycles. The van der Waals surface area contributed by atoms with Crippen LogP contribution in [0.15, 0.2) is 11.8 Å². The van der Waals surface area contributed by atoms with Crippen molar-refractivity contribution in [2.45, 2.75) is 6.92 Å². The molecule has 0 aromatic rings. The molecule has 2 nitrogen and oxygen atoms in total. The number of aliphatic hydroxyl groups excluding tert-OH is 1. The summed E-state index contributed by atoms with van der Waals surface area (Å²) in [6.45, 7) is 2.01. The zero-order valence-corrected chi connectivity index (χ0v) is 3.81. The Labute approximate surface area is 37.3 Å². The molecule has 0 fully saturated rings. The number of hydrogen-bond donors (Lipinski definition) is 2. The quantitative estimate of drug-likeness (QED) is 0.455. The second-order valence-corrected chi connectivity index (χ2v) is 1.08. The normalized spacial score (nSPS) is 12.0. The minimum absolute atomic E-state index is 0.289. The highest BCUT2D eigenvalue weighted by molar-refractivity contribution is 4.85. The van der Waals surface area contributed by atoms with E-state index in [1.807, 2.05) is 0 Å². The number of nitrogens with two attached hydrogens (primary N) is 1. The van der Waals surface area contributed by atoms with E-state index in [9.17, 15) is 0 Å². The van der Waals surface area contributed by atoms with Gasteiger partial charge in [-0.05, 0) is 13.0 Å². The third-order valence-corrected chi connectivity index (χ3v) is 0.413. The molecule has 36 valence electrons. The van der Waals surface area contributed by atoms with Crippen LogP contribution in [-0.2, 0) is 0 Å². The molecule has 0 aliphatic carbocycles. The smallest absolute Gasteiger partial charge is 0.0864 e. The zero-order chi connectivity index (χ0) is 4.99. The van der Waals surface area contributed by atoms with Crippen LogP contribution in [0.1, 0.15) is 6.92 Å². The van der Waals surface area contributed by atoms with Crippen LogP contribution in [0.5, 0.6) is 0 Å². The molecule has 6 heavy (non-hydrogen) atoms. The molecule has 0 rings (SSSR count). The maximum atomic E-state index is 8.33. The molecule has 2 heteroatoms. The number of aliphatic hydroxyl groups is 1. The van der Waals surface area contributed by atoms with Crippen molar-refractivity contribution < 1.29 is 5.11 Å². The Morgan fingerprint density at radius 3 is 2.50 bits per heavy atom. The van der Waals surface area contributed by atoms with Gasteiger partial charge in [0.1, 0.15) is 0 Å². The molecule has 0 bridgehead atoms. The van der Waals surface area contributed by atoms with Crippen LogP contribution in [0, 0.1) is 0 Å². The van der Waals surface area contributed by atoms with Gasteiger partial charge in [0.05, 0.1) is 5.76 Å². The first-order valence-corrected chi connectivity index (χ1v) is 1.83. The predicted molar refractivity (Wildman–Crippen MR) is 25.4 cm³/mol. The average Bonchev–Trinajstić information content (AvgIpc) is 1.35. The van der Waals surface area contributed by atoms with E-state index in [2.05, 4.69) is 0 Å². The molecule has 0 heterocycles. The van der Waals surface area contributed by atoms with Crippen LogP contribution in [0.25, 0.3) is 0 Å². The van der Waals surface area contributed by atoms with Gasteiger partial charge in [0.25, 0.3) is 0 Å². The van der Waals surface area contributed by atoms with Gasteiger partial charge in [-0.25, -0.2) is 0 Å². The van der Waals surface area contributed by atoms with Gasteiger partial charge in [-0.2, -0.15) is 0 Å². The van der Waals surface area contributed by atoms with E-state index in [0.29, 0.717) is 6.54 Å². The number of allylic oxidation sites excluding steroid dienone is 1. The van der Waals surface area contributed by atoms with Gasteiger partial charge in [0.15, 0.2) is 0 Å². The Kier molecular flexibility index (Phi) is 2.50. The van der Waals surface area contributed by atoms with E-state index in [4.69, 9.17) is 10.8 Å². The second kappa shape index (κ2) is 2.72. The van der Waals surface area contributed by atoms with Gasteiger partial charge in [-0.3, -0.25) is 0 Å². The number of hydrogen-bond acceptors (Lipinski definition) is 2. The van der Waals surface area contributed by atoms with Crippen molar-refractivity contribution in [1.29, 1.82) is 0 Å². The standard InChI is InChI=1S/C4H9NO/c1-4(6)2-3-5/h2,6H,3,5H2,1H3/b4-2-. The van der Waals surface area contributed by atoms with Crippen LogP contribution >= 0.6 is 0 Å². The van der Waals surface area contributed by atoms with Gasteiger partial charge >= 0.3 is 0 Å². The predicted octanol–water partition coefficient (Wildman–Crippen LogP) is 0.407. The maximum absolute atomic E-state index is 8.33. The van der Waals surface area contributed by atoms with E-state index >= 15 is 0 Å². The van der Waals surface area contributed by atoms with Crippen molar-refractivity contribution in [3.05, 3.63) is 11.8 Å². The zero-order valence-electron chi connectivity index (χ0n) is 3.81. The summed E-state index contributed by atoms with van der Waals surface area (Å²) in [5.74, 6) is 0.289. The number of rotatable bonds is 1. The lowest BCUT2D eigenvalue weighted by atomic mass is 10.5. The molecular weight excluding hydrogens is 78.0 g/mol. The van der Waals surface area contributed by atoms with Crippen LogP contribution < -0.4 is 5.73 Å². The van der Waals surface area contributed by atoms with Crippen molar-refractivity contribution in [2.75, 3.05) is 6.54 Å². The summed E-state index contributed by atoms with van der Waals surface area (Å²) < 4.78 is 0. The van der Waals surface area contributed by atoms with Gasteiger partial charge in [-0.15, -0.1) is 0 Å². The molecular formula is C4H9NO. The molecule has 0 amide bonds. The third-order valence-electron chi connectivity index (χ3n) is 0.413. The van der Waals surface area contributed by atoms with Crippen molar-refractivity contribution in [3.63, 3.8) is 0 Å². The summed E-state index contributed by atoms with van der Waals surface area (Å²) in [6, 6.07) is 0.